The molecule has 1 rings (SSSR count). The van der Waals surface area contributed by atoms with Crippen molar-refractivity contribution in [2.75, 3.05) is 5.32 Å². The maximum atomic E-state index is 4.05. The van der Waals surface area contributed by atoms with Crippen LogP contribution in [0.1, 0.15) is 32.8 Å². The molecule has 0 spiro atoms. The van der Waals surface area contributed by atoms with Crippen LogP contribution in [0.2, 0.25) is 0 Å². The molecule has 17 heavy (non-hydrogen) atoms. The number of nitrogens with one attached hydrogen (secondary N) is 1. The van der Waals surface area contributed by atoms with Crippen LogP contribution >= 0.6 is 0 Å². The van der Waals surface area contributed by atoms with Gasteiger partial charge in [0.2, 0.25) is 0 Å². The van der Waals surface area contributed by atoms with E-state index < -0.39 is 0 Å². The van der Waals surface area contributed by atoms with E-state index in [1.54, 1.807) is 0 Å². The quantitative estimate of drug-likeness (QED) is 0.698. The summed E-state index contributed by atoms with van der Waals surface area (Å²) in [4.78, 5) is 0. The van der Waals surface area contributed by atoms with Gasteiger partial charge >= 0.3 is 0 Å². The van der Waals surface area contributed by atoms with Gasteiger partial charge in [-0.2, -0.15) is 0 Å². The lowest BCUT2D eigenvalue weighted by Crippen LogP contribution is -1.96. The Labute approximate surface area is 105 Å². The van der Waals surface area contributed by atoms with Gasteiger partial charge in [-0.05, 0) is 49.6 Å². The average molecular weight is 227 g/mol. The van der Waals surface area contributed by atoms with Gasteiger partial charge in [0.05, 0.1) is 0 Å². The number of benzene rings is 1. The fourth-order valence-electron chi connectivity index (χ4n) is 1.59. The first-order chi connectivity index (χ1) is 8.02. The third kappa shape index (κ3) is 4.31. The molecule has 0 aliphatic carbocycles. The van der Waals surface area contributed by atoms with Crippen molar-refractivity contribution in [2.45, 2.75) is 27.2 Å². The fourth-order valence-corrected chi connectivity index (χ4v) is 1.59. The Bertz CT molecular complexity index is 448. The topological polar surface area (TPSA) is 12.0 Å². The van der Waals surface area contributed by atoms with Crippen LogP contribution in [0.15, 0.2) is 54.8 Å². The predicted molar refractivity (Wildman–Crippen MR) is 78.0 cm³/mol. The minimum absolute atomic E-state index is 0.907. The summed E-state index contributed by atoms with van der Waals surface area (Å²) in [7, 11) is 0. The highest BCUT2D eigenvalue weighted by atomic mass is 14.9. The lowest BCUT2D eigenvalue weighted by atomic mass is 10.0. The molecular weight excluding hydrogens is 206 g/mol. The largest absolute Gasteiger partial charge is 0.356 e. The number of rotatable bonds is 5. The second-order valence-corrected chi connectivity index (χ2v) is 4.41. The van der Waals surface area contributed by atoms with Gasteiger partial charge < -0.3 is 5.32 Å². The van der Waals surface area contributed by atoms with E-state index in [2.05, 4.69) is 51.4 Å². The summed E-state index contributed by atoms with van der Waals surface area (Å²) in [5.74, 6) is 0. The number of hydrogen-bond acceptors (Lipinski definition) is 1. The summed E-state index contributed by atoms with van der Waals surface area (Å²) in [5, 5.41) is 3.28. The molecule has 1 aromatic carbocycles. The average Bonchev–Trinajstić information content (AvgIpc) is 2.27. The summed E-state index contributed by atoms with van der Waals surface area (Å²) in [6.07, 6.45) is 3.00. The molecular formula is C16H21N. The molecule has 0 bridgehead atoms. The van der Waals surface area contributed by atoms with Crippen molar-refractivity contribution < 1.29 is 0 Å². The number of allylic oxidation sites excluding steroid dienone is 3. The summed E-state index contributed by atoms with van der Waals surface area (Å²) in [6.45, 7) is 14.3. The molecule has 0 radical (unpaired) electrons. The highest BCUT2D eigenvalue weighted by Crippen LogP contribution is 2.20. The van der Waals surface area contributed by atoms with Crippen molar-refractivity contribution in [1.29, 1.82) is 0 Å². The number of hydrogen-bond donors (Lipinski definition) is 1. The molecule has 0 saturated heterocycles. The Hall–Kier alpha value is -1.76. The van der Waals surface area contributed by atoms with Crippen molar-refractivity contribution in [3.05, 3.63) is 60.3 Å². The molecule has 0 fully saturated rings. The second-order valence-electron chi connectivity index (χ2n) is 4.41. The first kappa shape index (κ1) is 13.3. The van der Waals surface area contributed by atoms with Gasteiger partial charge in [0.1, 0.15) is 0 Å². The van der Waals surface area contributed by atoms with Gasteiger partial charge in [-0.15, -0.1) is 0 Å². The van der Waals surface area contributed by atoms with Crippen molar-refractivity contribution in [2.24, 2.45) is 0 Å². The van der Waals surface area contributed by atoms with Crippen molar-refractivity contribution in [3.8, 4) is 0 Å². The van der Waals surface area contributed by atoms with Crippen LogP contribution in [0.5, 0.6) is 0 Å². The van der Waals surface area contributed by atoms with Crippen LogP contribution < -0.4 is 5.32 Å². The molecule has 0 aliphatic heterocycles. The van der Waals surface area contributed by atoms with E-state index >= 15 is 0 Å². The van der Waals surface area contributed by atoms with E-state index in [9.17, 15) is 0 Å². The number of anilines is 1. The van der Waals surface area contributed by atoms with Gasteiger partial charge in [0, 0.05) is 11.4 Å². The maximum absolute atomic E-state index is 4.05. The monoisotopic (exact) mass is 227 g/mol. The van der Waals surface area contributed by atoms with E-state index in [0.29, 0.717) is 0 Å². The van der Waals surface area contributed by atoms with Crippen LogP contribution in [0.25, 0.3) is 5.57 Å². The fraction of sp³-hybridized carbons (Fsp3) is 0.250. The first-order valence-corrected chi connectivity index (χ1v) is 5.92. The smallest absolute Gasteiger partial charge is 0.0390 e. The standard InChI is InChI=1S/C16H21N/c1-6-13(4)15-8-7-9-16(11-15)17-14(5)10-12(2)3/h7-11,17H,4-6H2,1-3H3. The Morgan fingerprint density at radius 1 is 1.29 bits per heavy atom. The van der Waals surface area contributed by atoms with E-state index in [1.807, 2.05) is 18.2 Å². The van der Waals surface area contributed by atoms with Crippen LogP contribution in [-0.4, -0.2) is 0 Å². The molecule has 1 heteroatoms. The lowest BCUT2D eigenvalue weighted by Gasteiger charge is -2.09. The van der Waals surface area contributed by atoms with Crippen LogP contribution in [0.3, 0.4) is 0 Å². The molecule has 0 unspecified atom stereocenters. The van der Waals surface area contributed by atoms with Gasteiger partial charge in [0.25, 0.3) is 0 Å². The summed E-state index contributed by atoms with van der Waals surface area (Å²) in [5.41, 5.74) is 5.53. The summed E-state index contributed by atoms with van der Waals surface area (Å²) >= 11 is 0. The minimum atomic E-state index is 0.907. The third-order valence-corrected chi connectivity index (χ3v) is 2.47. The SMILES string of the molecule is C=C(C=C(C)C)Nc1cccc(C(=C)CC)c1. The van der Waals surface area contributed by atoms with Crippen LogP contribution in [-0.2, 0) is 0 Å². The molecule has 0 heterocycles. The first-order valence-electron chi connectivity index (χ1n) is 5.92. The Kier molecular flexibility index (Phi) is 4.77. The van der Waals surface area contributed by atoms with Gasteiger partial charge in [-0.25, -0.2) is 0 Å². The zero-order chi connectivity index (χ0) is 12.8. The van der Waals surface area contributed by atoms with Gasteiger partial charge in [0.15, 0.2) is 0 Å². The van der Waals surface area contributed by atoms with Crippen molar-refractivity contribution in [3.63, 3.8) is 0 Å². The van der Waals surface area contributed by atoms with Crippen LogP contribution in [0, 0.1) is 0 Å². The zero-order valence-electron chi connectivity index (χ0n) is 11.0. The molecule has 1 aromatic rings. The summed E-state index contributed by atoms with van der Waals surface area (Å²) in [6, 6.07) is 8.27. The Morgan fingerprint density at radius 3 is 2.59 bits per heavy atom. The lowest BCUT2D eigenvalue weighted by molar-refractivity contribution is 1.24. The highest BCUT2D eigenvalue weighted by Gasteiger charge is 1.98. The van der Waals surface area contributed by atoms with E-state index in [-0.39, 0.29) is 0 Å². The maximum Gasteiger partial charge on any atom is 0.0390 e. The molecule has 90 valence electrons. The molecule has 0 amide bonds. The zero-order valence-corrected chi connectivity index (χ0v) is 11.0. The van der Waals surface area contributed by atoms with Crippen LogP contribution in [0.4, 0.5) is 5.69 Å². The van der Waals surface area contributed by atoms with Gasteiger partial charge in [-0.1, -0.05) is 37.8 Å². The highest BCUT2D eigenvalue weighted by molar-refractivity contribution is 5.67. The molecule has 1 N–H and O–H groups in total. The Balaban J connectivity index is 2.83. The second kappa shape index (κ2) is 6.09. The Morgan fingerprint density at radius 2 is 2.00 bits per heavy atom. The summed E-state index contributed by atoms with van der Waals surface area (Å²) < 4.78 is 0. The van der Waals surface area contributed by atoms with Gasteiger partial charge in [-0.3, -0.25) is 0 Å². The van der Waals surface area contributed by atoms with Crippen molar-refractivity contribution in [1.82, 2.24) is 0 Å². The van der Waals surface area contributed by atoms with E-state index in [0.717, 1.165) is 23.4 Å². The van der Waals surface area contributed by atoms with E-state index in [1.165, 1.54) is 11.1 Å². The normalized spacial score (nSPS) is 9.59. The molecule has 0 saturated carbocycles. The minimum Gasteiger partial charge on any atom is -0.356 e. The molecule has 0 aliphatic rings. The van der Waals surface area contributed by atoms with E-state index in [4.69, 9.17) is 0 Å². The third-order valence-electron chi connectivity index (χ3n) is 2.47. The van der Waals surface area contributed by atoms with Crippen molar-refractivity contribution >= 4 is 11.3 Å². The molecule has 1 nitrogen and oxygen atoms in total. The predicted octanol–water partition coefficient (Wildman–Crippen LogP) is 5.00. The molecule has 0 aromatic heterocycles. The molecule has 0 atom stereocenters.